The lowest BCUT2D eigenvalue weighted by Gasteiger charge is -2.44. The third kappa shape index (κ3) is 5.48. The number of benzene rings is 1. The third-order valence-electron chi connectivity index (χ3n) is 5.73. The van der Waals surface area contributed by atoms with Crippen LogP contribution in [0.2, 0.25) is 0 Å². The number of anilines is 2. The summed E-state index contributed by atoms with van der Waals surface area (Å²) in [6.45, 7) is 4.50. The van der Waals surface area contributed by atoms with Gasteiger partial charge in [-0.1, -0.05) is 13.8 Å². The number of ether oxygens (including phenoxy) is 1. The second-order valence-electron chi connectivity index (χ2n) is 8.19. The van der Waals surface area contributed by atoms with Gasteiger partial charge in [0, 0.05) is 31.5 Å². The van der Waals surface area contributed by atoms with Crippen LogP contribution in [-0.4, -0.2) is 64.2 Å². The van der Waals surface area contributed by atoms with Crippen LogP contribution in [0.5, 0.6) is 0 Å². The molecule has 0 aliphatic carbocycles. The van der Waals surface area contributed by atoms with Gasteiger partial charge >= 0.3 is 12.1 Å². The molecule has 9 nitrogen and oxygen atoms in total. The first-order chi connectivity index (χ1) is 16.3. The molecular weight excluding hydrogens is 494 g/mol. The highest BCUT2D eigenvalue weighted by atomic mass is 32.2. The lowest BCUT2D eigenvalue weighted by molar-refractivity contribution is -0.141. The maximum atomic E-state index is 14.2. The fraction of sp³-hybridized carbons (Fsp3) is 0.476. The first-order valence-corrected chi connectivity index (χ1v) is 12.1. The third-order valence-corrected chi connectivity index (χ3v) is 7.16. The van der Waals surface area contributed by atoms with E-state index in [4.69, 9.17) is 0 Å². The largest absolute Gasteiger partial charge is 0.465 e. The van der Waals surface area contributed by atoms with Crippen molar-refractivity contribution in [2.24, 2.45) is 5.92 Å². The van der Waals surface area contributed by atoms with Crippen LogP contribution in [-0.2, 0) is 20.9 Å². The van der Waals surface area contributed by atoms with E-state index in [2.05, 4.69) is 19.4 Å². The summed E-state index contributed by atoms with van der Waals surface area (Å²) in [7, 11) is -1.89. The number of hydrogen-bond donors (Lipinski definition) is 1. The Morgan fingerprint density at radius 3 is 2.51 bits per heavy atom. The van der Waals surface area contributed by atoms with Gasteiger partial charge in [0.2, 0.25) is 16.0 Å². The van der Waals surface area contributed by atoms with Crippen molar-refractivity contribution < 1.29 is 35.5 Å². The van der Waals surface area contributed by atoms with Gasteiger partial charge in [-0.15, -0.1) is 0 Å². The molecule has 1 N–H and O–H groups in total. The molecule has 1 aromatic carbocycles. The summed E-state index contributed by atoms with van der Waals surface area (Å²) >= 11 is 0. The molecule has 2 heterocycles. The summed E-state index contributed by atoms with van der Waals surface area (Å²) in [5, 5.41) is 0. The number of sulfonamides is 1. The van der Waals surface area contributed by atoms with E-state index in [1.165, 1.54) is 19.2 Å². The number of nitrogens with one attached hydrogen (secondary N) is 1. The molecule has 0 bridgehead atoms. The first kappa shape index (κ1) is 26.6. The zero-order chi connectivity index (χ0) is 26.1. The van der Waals surface area contributed by atoms with Gasteiger partial charge in [0.15, 0.2) is 5.69 Å². The maximum absolute atomic E-state index is 14.2. The SMILES string of the molecule is CNS(=O)(=O)c1cc(N2CCN(c3ncc(C(=O)OC)c(C(F)(F)F)n3)[C@H](C(C)C)C2)ccc1F. The lowest BCUT2D eigenvalue weighted by Crippen LogP contribution is -2.56. The molecule has 1 atom stereocenters. The summed E-state index contributed by atoms with van der Waals surface area (Å²) in [5.74, 6) is -2.36. The molecule has 0 radical (unpaired) electrons. The molecule has 1 aliphatic rings. The quantitative estimate of drug-likeness (QED) is 0.459. The lowest BCUT2D eigenvalue weighted by atomic mass is 9.99. The number of piperazine rings is 1. The number of carbonyl (C=O) groups excluding carboxylic acids is 1. The Morgan fingerprint density at radius 2 is 1.94 bits per heavy atom. The number of hydrogen-bond acceptors (Lipinski definition) is 8. The minimum Gasteiger partial charge on any atom is -0.465 e. The van der Waals surface area contributed by atoms with Gasteiger partial charge < -0.3 is 14.5 Å². The Morgan fingerprint density at radius 1 is 1.26 bits per heavy atom. The second kappa shape index (κ2) is 9.93. The Bertz CT molecular complexity index is 1210. The van der Waals surface area contributed by atoms with E-state index in [1.807, 2.05) is 18.7 Å². The Kier molecular flexibility index (Phi) is 7.55. The van der Waals surface area contributed by atoms with E-state index in [0.717, 1.165) is 19.4 Å². The zero-order valence-electron chi connectivity index (χ0n) is 19.4. The van der Waals surface area contributed by atoms with Gasteiger partial charge in [-0.25, -0.2) is 32.3 Å². The molecule has 0 saturated carbocycles. The Labute approximate surface area is 200 Å². The smallest absolute Gasteiger partial charge is 0.434 e. The van der Waals surface area contributed by atoms with Crippen molar-refractivity contribution in [1.82, 2.24) is 14.7 Å². The molecule has 1 aromatic heterocycles. The zero-order valence-corrected chi connectivity index (χ0v) is 20.2. The highest BCUT2D eigenvalue weighted by Crippen LogP contribution is 2.33. The average Bonchev–Trinajstić information content (AvgIpc) is 2.82. The number of carbonyl (C=O) groups is 1. The average molecular weight is 520 g/mol. The van der Waals surface area contributed by atoms with Crippen molar-refractivity contribution in [3.8, 4) is 0 Å². The molecule has 192 valence electrons. The topological polar surface area (TPSA) is 105 Å². The van der Waals surface area contributed by atoms with Crippen LogP contribution in [0.3, 0.4) is 0 Å². The van der Waals surface area contributed by atoms with Crippen molar-refractivity contribution in [3.05, 3.63) is 41.5 Å². The second-order valence-corrected chi connectivity index (χ2v) is 10.0. The van der Waals surface area contributed by atoms with Crippen LogP contribution in [0.1, 0.15) is 29.9 Å². The Balaban J connectivity index is 1.96. The molecular formula is C21H25F4N5O4S. The number of esters is 1. The van der Waals surface area contributed by atoms with E-state index in [1.54, 1.807) is 4.90 Å². The van der Waals surface area contributed by atoms with Crippen LogP contribution < -0.4 is 14.5 Å². The van der Waals surface area contributed by atoms with Crippen LogP contribution in [0.4, 0.5) is 29.2 Å². The number of aromatic nitrogens is 2. The van der Waals surface area contributed by atoms with Crippen LogP contribution in [0.25, 0.3) is 0 Å². The van der Waals surface area contributed by atoms with Gasteiger partial charge in [-0.3, -0.25) is 0 Å². The van der Waals surface area contributed by atoms with E-state index in [-0.39, 0.29) is 37.5 Å². The van der Waals surface area contributed by atoms with Gasteiger partial charge in [-0.2, -0.15) is 13.2 Å². The van der Waals surface area contributed by atoms with E-state index < -0.39 is 44.1 Å². The molecule has 0 amide bonds. The molecule has 1 fully saturated rings. The highest BCUT2D eigenvalue weighted by Gasteiger charge is 2.40. The van der Waals surface area contributed by atoms with Crippen LogP contribution >= 0.6 is 0 Å². The predicted octanol–water partition coefficient (Wildman–Crippen LogP) is 2.68. The molecule has 0 spiro atoms. The predicted molar refractivity (Wildman–Crippen MR) is 119 cm³/mol. The van der Waals surface area contributed by atoms with Gasteiger partial charge in [0.25, 0.3) is 0 Å². The summed E-state index contributed by atoms with van der Waals surface area (Å²) in [6, 6.07) is 3.35. The summed E-state index contributed by atoms with van der Waals surface area (Å²) in [5.41, 5.74) is -1.73. The van der Waals surface area contributed by atoms with Crippen molar-refractivity contribution >= 4 is 27.6 Å². The number of alkyl halides is 3. The molecule has 0 unspecified atom stereocenters. The van der Waals surface area contributed by atoms with E-state index in [0.29, 0.717) is 5.69 Å². The Hall–Kier alpha value is -3.00. The fourth-order valence-corrected chi connectivity index (χ4v) is 4.67. The molecule has 2 aromatic rings. The molecule has 1 aliphatic heterocycles. The summed E-state index contributed by atoms with van der Waals surface area (Å²) in [6.07, 6.45) is -4.10. The van der Waals surface area contributed by atoms with Crippen molar-refractivity contribution in [2.75, 3.05) is 43.6 Å². The molecule has 35 heavy (non-hydrogen) atoms. The van der Waals surface area contributed by atoms with Gasteiger partial charge in [0.1, 0.15) is 16.3 Å². The van der Waals surface area contributed by atoms with Crippen molar-refractivity contribution in [3.63, 3.8) is 0 Å². The fourth-order valence-electron chi connectivity index (χ4n) is 3.85. The van der Waals surface area contributed by atoms with Crippen LogP contribution in [0.15, 0.2) is 29.3 Å². The van der Waals surface area contributed by atoms with E-state index >= 15 is 0 Å². The monoisotopic (exact) mass is 519 g/mol. The van der Waals surface area contributed by atoms with Crippen molar-refractivity contribution in [2.45, 2.75) is 31.0 Å². The summed E-state index contributed by atoms with van der Waals surface area (Å²) < 4.78 is 85.8. The minimum absolute atomic E-state index is 0.0722. The number of rotatable bonds is 6. The van der Waals surface area contributed by atoms with Gasteiger partial charge in [-0.05, 0) is 31.2 Å². The van der Waals surface area contributed by atoms with Crippen LogP contribution in [0, 0.1) is 11.7 Å². The standard InChI is InChI=1S/C21H25F4N5O4S/c1-12(2)16-11-29(13-5-6-15(22)17(9-13)35(32,33)26-3)7-8-30(16)20-27-10-14(19(31)34-4)18(28-20)21(23,24)25/h5-6,9-10,12,16,26H,7-8,11H2,1-4H3/t16-/m0/s1. The normalized spacial score (nSPS) is 17.1. The van der Waals surface area contributed by atoms with Crippen molar-refractivity contribution in [1.29, 1.82) is 0 Å². The van der Waals surface area contributed by atoms with Gasteiger partial charge in [0.05, 0.1) is 13.2 Å². The summed E-state index contributed by atoms with van der Waals surface area (Å²) in [4.78, 5) is 22.4. The minimum atomic E-state index is -4.90. The van der Waals surface area contributed by atoms with E-state index in [9.17, 15) is 30.8 Å². The molecule has 14 heteroatoms. The molecule has 1 saturated heterocycles. The highest BCUT2D eigenvalue weighted by molar-refractivity contribution is 7.89. The maximum Gasteiger partial charge on any atom is 0.434 e. The number of halogens is 4. The number of methoxy groups -OCH3 is 1. The number of nitrogens with zero attached hydrogens (tertiary/aromatic N) is 4. The first-order valence-electron chi connectivity index (χ1n) is 10.6. The molecule has 3 rings (SSSR count).